The summed E-state index contributed by atoms with van der Waals surface area (Å²) in [4.78, 5) is 35.6. The molecule has 176 valence electrons. The Labute approximate surface area is 195 Å². The fourth-order valence-corrected chi connectivity index (χ4v) is 4.08. The van der Waals surface area contributed by atoms with E-state index in [0.717, 1.165) is 22.3 Å². The Bertz CT molecular complexity index is 1190. The van der Waals surface area contributed by atoms with Crippen LogP contribution in [0.1, 0.15) is 33.1 Å². The number of rotatable bonds is 8. The third kappa shape index (κ3) is 4.62. The van der Waals surface area contributed by atoms with Crippen LogP contribution in [0.4, 0.5) is 4.79 Å². The van der Waals surface area contributed by atoms with Crippen LogP contribution < -0.4 is 10.6 Å². The molecule has 1 aliphatic carbocycles. The Morgan fingerprint density at radius 3 is 2.29 bits per heavy atom. The molecule has 0 bridgehead atoms. The number of fused-ring (bicyclic) bond motifs is 3. The standard InChI is InChI=1S/C24H24N4O6/c1-28-21(22(30)25-12-20(29)23(31)32)14(11-27-28)10-26-24(33)34-13-19-17-8-4-2-6-15(17)16-7-3-5-9-18(16)19/h2-9,11,19-20,29H,10,12-13H2,1H3,(H,25,30)(H,26,33)(H,31,32). The van der Waals surface area contributed by atoms with Crippen molar-refractivity contribution in [3.8, 4) is 11.1 Å². The number of carbonyl (C=O) groups is 3. The highest BCUT2D eigenvalue weighted by Gasteiger charge is 2.29. The largest absolute Gasteiger partial charge is 0.479 e. The molecule has 0 spiro atoms. The number of carbonyl (C=O) groups excluding carboxylic acids is 2. The predicted octanol–water partition coefficient (Wildman–Crippen LogP) is 1.63. The molecule has 1 heterocycles. The van der Waals surface area contributed by atoms with Gasteiger partial charge in [-0.05, 0) is 22.3 Å². The molecule has 1 unspecified atom stereocenters. The van der Waals surface area contributed by atoms with E-state index in [-0.39, 0.29) is 24.8 Å². The SMILES string of the molecule is Cn1ncc(CNC(=O)OCC2c3ccccc3-c3ccccc32)c1C(=O)NCC(O)C(=O)O. The zero-order valence-corrected chi connectivity index (χ0v) is 18.4. The number of aliphatic hydroxyl groups excluding tert-OH is 1. The number of benzene rings is 2. The molecule has 0 radical (unpaired) electrons. The van der Waals surface area contributed by atoms with Crippen molar-refractivity contribution in [3.63, 3.8) is 0 Å². The van der Waals surface area contributed by atoms with Crippen molar-refractivity contribution < 1.29 is 29.3 Å². The molecule has 0 fully saturated rings. The van der Waals surface area contributed by atoms with Gasteiger partial charge in [0.05, 0.1) is 19.3 Å². The van der Waals surface area contributed by atoms with Gasteiger partial charge in [-0.3, -0.25) is 9.48 Å². The minimum atomic E-state index is -1.72. The highest BCUT2D eigenvalue weighted by atomic mass is 16.5. The molecule has 4 N–H and O–H groups in total. The average Bonchev–Trinajstić information content (AvgIpc) is 3.37. The first-order valence-corrected chi connectivity index (χ1v) is 10.7. The number of aliphatic carboxylic acids is 1. The lowest BCUT2D eigenvalue weighted by molar-refractivity contribution is -0.146. The van der Waals surface area contributed by atoms with Crippen molar-refractivity contribution in [1.29, 1.82) is 0 Å². The molecule has 10 nitrogen and oxygen atoms in total. The van der Waals surface area contributed by atoms with Crippen LogP contribution in [0.2, 0.25) is 0 Å². The number of hydrogen-bond acceptors (Lipinski definition) is 6. The highest BCUT2D eigenvalue weighted by Crippen LogP contribution is 2.44. The molecule has 34 heavy (non-hydrogen) atoms. The van der Waals surface area contributed by atoms with E-state index in [0.29, 0.717) is 5.56 Å². The summed E-state index contributed by atoms with van der Waals surface area (Å²) in [6.07, 6.45) is -0.940. The molecule has 4 rings (SSSR count). The summed E-state index contributed by atoms with van der Waals surface area (Å²) in [5, 5.41) is 27.1. The van der Waals surface area contributed by atoms with E-state index in [4.69, 9.17) is 9.84 Å². The van der Waals surface area contributed by atoms with E-state index >= 15 is 0 Å². The lowest BCUT2D eigenvalue weighted by Crippen LogP contribution is -2.37. The van der Waals surface area contributed by atoms with E-state index in [9.17, 15) is 19.5 Å². The molecule has 0 saturated carbocycles. The smallest absolute Gasteiger partial charge is 0.407 e. The third-order valence-electron chi connectivity index (χ3n) is 5.74. The molecular formula is C24H24N4O6. The van der Waals surface area contributed by atoms with Crippen LogP contribution in [-0.4, -0.2) is 57.2 Å². The summed E-state index contributed by atoms with van der Waals surface area (Å²) in [7, 11) is 1.54. The Morgan fingerprint density at radius 2 is 1.68 bits per heavy atom. The van der Waals surface area contributed by atoms with Crippen molar-refractivity contribution in [3.05, 3.63) is 77.1 Å². The second kappa shape index (κ2) is 9.75. The maximum absolute atomic E-state index is 12.4. The normalized spacial score (nSPS) is 13.0. The van der Waals surface area contributed by atoms with Gasteiger partial charge in [0.2, 0.25) is 0 Å². The fourth-order valence-electron chi connectivity index (χ4n) is 4.08. The summed E-state index contributed by atoms with van der Waals surface area (Å²) in [6.45, 7) is -0.319. The van der Waals surface area contributed by atoms with Gasteiger partial charge >= 0.3 is 12.1 Å². The van der Waals surface area contributed by atoms with E-state index in [2.05, 4.69) is 27.9 Å². The van der Waals surface area contributed by atoms with E-state index in [1.54, 1.807) is 7.05 Å². The van der Waals surface area contributed by atoms with Crippen LogP contribution in [0.5, 0.6) is 0 Å². The van der Waals surface area contributed by atoms with Gasteiger partial charge in [0.25, 0.3) is 5.91 Å². The van der Waals surface area contributed by atoms with Crippen LogP contribution >= 0.6 is 0 Å². The topological polar surface area (TPSA) is 143 Å². The first kappa shape index (κ1) is 23.0. The fraction of sp³-hybridized carbons (Fsp3) is 0.250. The third-order valence-corrected chi connectivity index (χ3v) is 5.74. The second-order valence-electron chi connectivity index (χ2n) is 7.89. The molecule has 0 saturated heterocycles. The van der Waals surface area contributed by atoms with Crippen molar-refractivity contribution in [1.82, 2.24) is 20.4 Å². The van der Waals surface area contributed by atoms with Gasteiger partial charge < -0.3 is 25.6 Å². The van der Waals surface area contributed by atoms with Crippen LogP contribution in [0.15, 0.2) is 54.7 Å². The Kier molecular flexibility index (Phi) is 6.60. The van der Waals surface area contributed by atoms with Gasteiger partial charge in [-0.1, -0.05) is 48.5 Å². The molecule has 10 heteroatoms. The number of carboxylic acid groups (broad SMARTS) is 1. The van der Waals surface area contributed by atoms with Gasteiger partial charge in [-0.25, -0.2) is 9.59 Å². The number of aliphatic hydroxyl groups is 1. The van der Waals surface area contributed by atoms with Crippen molar-refractivity contribution in [2.75, 3.05) is 13.2 Å². The summed E-state index contributed by atoms with van der Waals surface area (Å²) in [5.74, 6) is -2.13. The summed E-state index contributed by atoms with van der Waals surface area (Å²) in [6, 6.07) is 16.1. The zero-order chi connectivity index (χ0) is 24.2. The van der Waals surface area contributed by atoms with Crippen LogP contribution in [0.25, 0.3) is 11.1 Å². The van der Waals surface area contributed by atoms with E-state index < -0.39 is 30.6 Å². The molecule has 1 atom stereocenters. The number of aromatic nitrogens is 2. The molecule has 2 amide bonds. The average molecular weight is 464 g/mol. The number of ether oxygens (including phenoxy) is 1. The van der Waals surface area contributed by atoms with Gasteiger partial charge in [0.15, 0.2) is 6.10 Å². The first-order chi connectivity index (χ1) is 16.4. The number of amides is 2. The minimum absolute atomic E-state index is 0.0191. The first-order valence-electron chi connectivity index (χ1n) is 10.7. The quantitative estimate of drug-likeness (QED) is 0.397. The van der Waals surface area contributed by atoms with Gasteiger partial charge in [-0.15, -0.1) is 0 Å². The molecule has 1 aliphatic rings. The molecule has 0 aliphatic heterocycles. The van der Waals surface area contributed by atoms with Crippen LogP contribution in [0.3, 0.4) is 0 Å². The number of nitrogens with one attached hydrogen (secondary N) is 2. The van der Waals surface area contributed by atoms with Crippen molar-refractivity contribution >= 4 is 18.0 Å². The van der Waals surface area contributed by atoms with E-state index in [1.807, 2.05) is 36.4 Å². The van der Waals surface area contributed by atoms with Crippen molar-refractivity contribution in [2.24, 2.45) is 7.05 Å². The molecule has 2 aromatic carbocycles. The molecular weight excluding hydrogens is 440 g/mol. The minimum Gasteiger partial charge on any atom is -0.479 e. The second-order valence-corrected chi connectivity index (χ2v) is 7.89. The van der Waals surface area contributed by atoms with Gasteiger partial charge in [-0.2, -0.15) is 5.10 Å². The molecule has 1 aromatic heterocycles. The summed E-state index contributed by atoms with van der Waals surface area (Å²) >= 11 is 0. The maximum Gasteiger partial charge on any atom is 0.407 e. The number of carboxylic acids is 1. The maximum atomic E-state index is 12.4. The van der Waals surface area contributed by atoms with Gasteiger partial charge in [0, 0.05) is 18.5 Å². The number of nitrogens with zero attached hydrogens (tertiary/aromatic N) is 2. The number of aryl methyl sites for hydroxylation is 1. The number of hydrogen-bond donors (Lipinski definition) is 4. The summed E-state index contributed by atoms with van der Waals surface area (Å²) < 4.78 is 6.80. The van der Waals surface area contributed by atoms with Gasteiger partial charge in [0.1, 0.15) is 12.3 Å². The zero-order valence-electron chi connectivity index (χ0n) is 18.4. The van der Waals surface area contributed by atoms with E-state index in [1.165, 1.54) is 10.9 Å². The highest BCUT2D eigenvalue weighted by molar-refractivity contribution is 5.94. The number of alkyl carbamates (subject to hydrolysis) is 1. The molecule has 3 aromatic rings. The van der Waals surface area contributed by atoms with Crippen LogP contribution in [-0.2, 0) is 23.1 Å². The monoisotopic (exact) mass is 464 g/mol. The van der Waals surface area contributed by atoms with Crippen LogP contribution in [0, 0.1) is 0 Å². The Balaban J connectivity index is 1.36. The Morgan fingerprint density at radius 1 is 1.06 bits per heavy atom. The lowest BCUT2D eigenvalue weighted by atomic mass is 9.98. The predicted molar refractivity (Wildman–Crippen MR) is 121 cm³/mol. The Hall–Kier alpha value is -4.18. The lowest BCUT2D eigenvalue weighted by Gasteiger charge is -2.15. The summed E-state index contributed by atoms with van der Waals surface area (Å²) in [5.41, 5.74) is 5.02. The van der Waals surface area contributed by atoms with Crippen molar-refractivity contribution in [2.45, 2.75) is 18.6 Å².